The molecule has 0 unspecified atom stereocenters. The first-order valence-electron chi connectivity index (χ1n) is 11.0. The zero-order valence-electron chi connectivity index (χ0n) is 18.2. The number of aromatic nitrogens is 1. The number of amides is 1. The number of rotatable bonds is 4. The summed E-state index contributed by atoms with van der Waals surface area (Å²) >= 11 is 0. The summed E-state index contributed by atoms with van der Waals surface area (Å²) in [5.41, 5.74) is 2.64. The fourth-order valence-electron chi connectivity index (χ4n) is 4.46. The molecular formula is C25H26FN3O3. The van der Waals surface area contributed by atoms with E-state index in [0.29, 0.717) is 28.5 Å². The average molecular weight is 435 g/mol. The molecule has 0 spiro atoms. The third-order valence-corrected chi connectivity index (χ3v) is 6.25. The highest BCUT2D eigenvalue weighted by Gasteiger charge is 2.38. The van der Waals surface area contributed by atoms with Crippen LogP contribution >= 0.6 is 0 Å². The topological polar surface area (TPSA) is 72.5 Å². The lowest BCUT2D eigenvalue weighted by molar-refractivity contribution is -0.111. The van der Waals surface area contributed by atoms with Gasteiger partial charge in [-0.2, -0.15) is 0 Å². The first-order valence-corrected chi connectivity index (χ1v) is 11.0. The van der Waals surface area contributed by atoms with Crippen LogP contribution in [0.4, 0.5) is 15.9 Å². The van der Waals surface area contributed by atoms with Crippen molar-refractivity contribution in [2.75, 3.05) is 30.4 Å². The highest BCUT2D eigenvalue weighted by atomic mass is 19.1. The number of anilines is 2. The molecule has 0 aliphatic carbocycles. The van der Waals surface area contributed by atoms with E-state index >= 15 is 0 Å². The summed E-state index contributed by atoms with van der Waals surface area (Å²) in [6, 6.07) is 8.22. The van der Waals surface area contributed by atoms with E-state index in [4.69, 9.17) is 9.47 Å². The SMILES string of the molecule is CC1(C)OC(=C2C(=O)Nc3ccc(F)cc32)C=C1c1ccc(NCC2CCOCC2)nc1. The van der Waals surface area contributed by atoms with Gasteiger partial charge < -0.3 is 20.1 Å². The molecule has 7 heteroatoms. The summed E-state index contributed by atoms with van der Waals surface area (Å²) in [5.74, 6) is 1.19. The maximum absolute atomic E-state index is 13.8. The number of ether oxygens (including phenoxy) is 2. The van der Waals surface area contributed by atoms with Crippen LogP contribution in [0.15, 0.2) is 48.4 Å². The molecule has 2 aromatic rings. The van der Waals surface area contributed by atoms with E-state index < -0.39 is 11.4 Å². The molecule has 1 fully saturated rings. The summed E-state index contributed by atoms with van der Waals surface area (Å²) in [4.78, 5) is 17.2. The second kappa shape index (κ2) is 8.06. The van der Waals surface area contributed by atoms with Crippen molar-refractivity contribution in [3.63, 3.8) is 0 Å². The minimum Gasteiger partial charge on any atom is -0.482 e. The van der Waals surface area contributed by atoms with Crippen molar-refractivity contribution < 1.29 is 18.7 Å². The van der Waals surface area contributed by atoms with Crippen molar-refractivity contribution in [2.45, 2.75) is 32.3 Å². The Labute approximate surface area is 186 Å². The van der Waals surface area contributed by atoms with E-state index in [1.54, 1.807) is 6.07 Å². The van der Waals surface area contributed by atoms with Crippen LogP contribution in [0.5, 0.6) is 0 Å². The van der Waals surface area contributed by atoms with Crippen molar-refractivity contribution in [1.82, 2.24) is 4.98 Å². The number of fused-ring (bicyclic) bond motifs is 1. The zero-order chi connectivity index (χ0) is 22.3. The van der Waals surface area contributed by atoms with Gasteiger partial charge in [0, 0.05) is 48.3 Å². The Kier molecular flexibility index (Phi) is 5.21. The Morgan fingerprint density at radius 2 is 2.03 bits per heavy atom. The molecule has 166 valence electrons. The standard InChI is InChI=1S/C25H26FN3O3/c1-25(2)19(16-3-6-22(28-14-16)27-13-15-7-9-31-10-8-15)12-21(32-25)23-18-11-17(26)4-5-20(18)29-24(23)30/h3-6,11-12,14-15H,7-10,13H2,1-2H3,(H,27,28)(H,29,30). The number of halogens is 1. The Bertz CT molecular complexity index is 1120. The van der Waals surface area contributed by atoms with Crippen molar-refractivity contribution >= 4 is 28.6 Å². The molecule has 0 saturated carbocycles. The quantitative estimate of drug-likeness (QED) is 0.686. The molecule has 4 heterocycles. The fraction of sp³-hybridized carbons (Fsp3) is 0.360. The lowest BCUT2D eigenvalue weighted by atomic mass is 9.93. The van der Waals surface area contributed by atoms with E-state index in [0.717, 1.165) is 49.6 Å². The van der Waals surface area contributed by atoms with Gasteiger partial charge in [-0.3, -0.25) is 4.79 Å². The van der Waals surface area contributed by atoms with E-state index in [1.165, 1.54) is 12.1 Å². The van der Waals surface area contributed by atoms with Crippen LogP contribution in [0.3, 0.4) is 0 Å². The molecule has 3 aliphatic heterocycles. The van der Waals surface area contributed by atoms with Crippen LogP contribution < -0.4 is 10.6 Å². The minimum absolute atomic E-state index is 0.292. The normalized spacial score (nSPS) is 22.2. The number of nitrogens with zero attached hydrogens (tertiary/aromatic N) is 1. The summed E-state index contributed by atoms with van der Waals surface area (Å²) in [6.45, 7) is 6.43. The van der Waals surface area contributed by atoms with Gasteiger partial charge in [0.05, 0.1) is 5.57 Å². The van der Waals surface area contributed by atoms with Gasteiger partial charge in [-0.05, 0) is 69.0 Å². The third kappa shape index (κ3) is 3.88. The molecule has 1 saturated heterocycles. The molecule has 1 amide bonds. The summed E-state index contributed by atoms with van der Waals surface area (Å²) in [7, 11) is 0. The molecule has 6 nitrogen and oxygen atoms in total. The third-order valence-electron chi connectivity index (χ3n) is 6.25. The highest BCUT2D eigenvalue weighted by Crippen LogP contribution is 2.44. The Morgan fingerprint density at radius 1 is 1.22 bits per heavy atom. The monoisotopic (exact) mass is 435 g/mol. The van der Waals surface area contributed by atoms with E-state index in [1.807, 2.05) is 38.3 Å². The Balaban J connectivity index is 1.40. The molecule has 1 aromatic carbocycles. The van der Waals surface area contributed by atoms with Crippen molar-refractivity contribution in [3.8, 4) is 0 Å². The number of hydrogen-bond acceptors (Lipinski definition) is 5. The molecule has 0 bridgehead atoms. The van der Waals surface area contributed by atoms with Crippen molar-refractivity contribution in [1.29, 1.82) is 0 Å². The van der Waals surface area contributed by atoms with Crippen molar-refractivity contribution in [2.24, 2.45) is 5.92 Å². The van der Waals surface area contributed by atoms with Gasteiger partial charge in [0.1, 0.15) is 23.0 Å². The summed E-state index contributed by atoms with van der Waals surface area (Å²) in [5, 5.41) is 6.19. The number of carbonyl (C=O) groups is 1. The Morgan fingerprint density at radius 3 is 2.78 bits per heavy atom. The van der Waals surface area contributed by atoms with Crippen LogP contribution in [0, 0.1) is 11.7 Å². The maximum atomic E-state index is 13.8. The second-order valence-corrected chi connectivity index (χ2v) is 8.92. The zero-order valence-corrected chi connectivity index (χ0v) is 18.2. The highest BCUT2D eigenvalue weighted by molar-refractivity contribution is 6.32. The number of pyridine rings is 1. The molecule has 5 rings (SSSR count). The molecule has 32 heavy (non-hydrogen) atoms. The van der Waals surface area contributed by atoms with Crippen LogP contribution in [0.25, 0.3) is 11.1 Å². The smallest absolute Gasteiger partial charge is 0.260 e. The van der Waals surface area contributed by atoms with Crippen LogP contribution in [-0.4, -0.2) is 36.3 Å². The molecular weight excluding hydrogens is 409 g/mol. The number of allylic oxidation sites excluding steroid dienone is 1. The molecule has 1 aromatic heterocycles. The summed E-state index contributed by atoms with van der Waals surface area (Å²) in [6.07, 6.45) is 5.82. The number of nitrogens with one attached hydrogen (secondary N) is 2. The van der Waals surface area contributed by atoms with E-state index in [-0.39, 0.29) is 5.91 Å². The number of hydrogen-bond donors (Lipinski definition) is 2. The number of carbonyl (C=O) groups excluding carboxylic acids is 1. The first-order chi connectivity index (χ1) is 15.4. The maximum Gasteiger partial charge on any atom is 0.260 e. The largest absolute Gasteiger partial charge is 0.482 e. The molecule has 0 radical (unpaired) electrons. The van der Waals surface area contributed by atoms with Gasteiger partial charge in [-0.15, -0.1) is 0 Å². The lowest BCUT2D eigenvalue weighted by Crippen LogP contribution is -2.23. The molecule has 2 N–H and O–H groups in total. The van der Waals surface area contributed by atoms with Gasteiger partial charge >= 0.3 is 0 Å². The van der Waals surface area contributed by atoms with E-state index in [2.05, 4.69) is 15.6 Å². The van der Waals surface area contributed by atoms with Gasteiger partial charge in [-0.25, -0.2) is 9.37 Å². The van der Waals surface area contributed by atoms with Gasteiger partial charge in [0.15, 0.2) is 0 Å². The van der Waals surface area contributed by atoms with Crippen molar-refractivity contribution in [3.05, 3.63) is 65.3 Å². The van der Waals surface area contributed by atoms with Gasteiger partial charge in [-0.1, -0.05) is 0 Å². The first kappa shape index (κ1) is 20.7. The minimum atomic E-state index is -0.655. The lowest BCUT2D eigenvalue weighted by Gasteiger charge is -2.24. The second-order valence-electron chi connectivity index (χ2n) is 8.92. The molecule has 3 aliphatic rings. The van der Waals surface area contributed by atoms with Crippen LogP contribution in [0.2, 0.25) is 0 Å². The van der Waals surface area contributed by atoms with Gasteiger partial charge in [0.2, 0.25) is 0 Å². The molecule has 0 atom stereocenters. The summed E-state index contributed by atoms with van der Waals surface area (Å²) < 4.78 is 25.4. The Hall–Kier alpha value is -3.19. The van der Waals surface area contributed by atoms with E-state index in [9.17, 15) is 9.18 Å². The average Bonchev–Trinajstić information content (AvgIpc) is 3.27. The van der Waals surface area contributed by atoms with Crippen LogP contribution in [-0.2, 0) is 14.3 Å². The predicted molar refractivity (Wildman–Crippen MR) is 121 cm³/mol. The number of benzene rings is 1. The van der Waals surface area contributed by atoms with Gasteiger partial charge in [0.25, 0.3) is 5.91 Å². The fourth-order valence-corrected chi connectivity index (χ4v) is 4.46. The predicted octanol–water partition coefficient (Wildman–Crippen LogP) is 4.61. The van der Waals surface area contributed by atoms with Crippen LogP contribution in [0.1, 0.15) is 37.8 Å².